The van der Waals surface area contributed by atoms with Gasteiger partial charge in [0.05, 0.1) is 18.2 Å². The van der Waals surface area contributed by atoms with Crippen LogP contribution in [0, 0.1) is 0 Å². The van der Waals surface area contributed by atoms with Crippen molar-refractivity contribution in [2.75, 3.05) is 32.2 Å². The van der Waals surface area contributed by atoms with Crippen molar-refractivity contribution in [2.45, 2.75) is 25.8 Å². The number of carbonyl (C=O) groups is 1. The number of hydrogen-bond acceptors (Lipinski definition) is 4. The first-order valence-electron chi connectivity index (χ1n) is 6.96. The Morgan fingerprint density at radius 3 is 2.80 bits per heavy atom. The maximum atomic E-state index is 12.3. The fourth-order valence-electron chi connectivity index (χ4n) is 1.91. The van der Waals surface area contributed by atoms with Gasteiger partial charge in [0, 0.05) is 25.9 Å². The number of amides is 1. The maximum absolute atomic E-state index is 12.3. The predicted molar refractivity (Wildman–Crippen MR) is 80.1 cm³/mol. The zero-order chi connectivity index (χ0) is 14.8. The molecule has 0 spiro atoms. The van der Waals surface area contributed by atoms with E-state index in [9.17, 15) is 4.79 Å². The molecule has 1 atom stereocenters. The van der Waals surface area contributed by atoms with Crippen LogP contribution in [0.15, 0.2) is 24.3 Å². The Kier molecular flexibility index (Phi) is 7.69. The molecule has 0 fully saturated rings. The van der Waals surface area contributed by atoms with Crippen LogP contribution in [0.5, 0.6) is 0 Å². The second kappa shape index (κ2) is 9.34. The third-order valence-electron chi connectivity index (χ3n) is 2.92. The predicted octanol–water partition coefficient (Wildman–Crippen LogP) is 1.64. The van der Waals surface area contributed by atoms with Gasteiger partial charge in [-0.3, -0.25) is 4.79 Å². The number of aliphatic hydroxyl groups excluding tert-OH is 1. The summed E-state index contributed by atoms with van der Waals surface area (Å²) in [6, 6.07) is 7.23. The Balaban J connectivity index is 2.74. The van der Waals surface area contributed by atoms with Crippen LogP contribution < -0.4 is 10.6 Å². The summed E-state index contributed by atoms with van der Waals surface area (Å²) < 4.78 is 5.05. The van der Waals surface area contributed by atoms with Gasteiger partial charge in [-0.1, -0.05) is 19.1 Å². The van der Waals surface area contributed by atoms with Crippen LogP contribution in [-0.4, -0.2) is 43.9 Å². The molecule has 0 heterocycles. The van der Waals surface area contributed by atoms with Gasteiger partial charge >= 0.3 is 0 Å². The Bertz CT molecular complexity index is 404. The van der Waals surface area contributed by atoms with Crippen LogP contribution in [0.2, 0.25) is 0 Å². The van der Waals surface area contributed by atoms with Gasteiger partial charge in [-0.15, -0.1) is 0 Å². The molecule has 5 heteroatoms. The third kappa shape index (κ3) is 5.19. The number of anilines is 1. The molecule has 20 heavy (non-hydrogen) atoms. The van der Waals surface area contributed by atoms with Crippen LogP contribution in [-0.2, 0) is 4.74 Å². The minimum atomic E-state index is -0.184. The van der Waals surface area contributed by atoms with Crippen LogP contribution in [0.4, 0.5) is 5.69 Å². The molecule has 0 aliphatic rings. The highest BCUT2D eigenvalue weighted by molar-refractivity contribution is 5.99. The zero-order valence-corrected chi connectivity index (χ0v) is 12.2. The Morgan fingerprint density at radius 1 is 1.40 bits per heavy atom. The Labute approximate surface area is 120 Å². The molecule has 0 aliphatic carbocycles. The fourth-order valence-corrected chi connectivity index (χ4v) is 1.91. The fraction of sp³-hybridized carbons (Fsp3) is 0.533. The molecule has 3 N–H and O–H groups in total. The first-order chi connectivity index (χ1) is 9.72. The molecule has 0 aliphatic heterocycles. The smallest absolute Gasteiger partial charge is 0.253 e. The van der Waals surface area contributed by atoms with Gasteiger partial charge in [0.15, 0.2) is 0 Å². The number of carbonyl (C=O) groups excluding carboxylic acids is 1. The van der Waals surface area contributed by atoms with E-state index in [0.29, 0.717) is 18.6 Å². The van der Waals surface area contributed by atoms with Crippen molar-refractivity contribution in [1.82, 2.24) is 5.32 Å². The minimum Gasteiger partial charge on any atom is -0.396 e. The number of rotatable bonds is 9. The molecule has 0 saturated heterocycles. The van der Waals surface area contributed by atoms with Crippen molar-refractivity contribution < 1.29 is 14.6 Å². The highest BCUT2D eigenvalue weighted by Crippen LogP contribution is 2.15. The second-order valence-electron chi connectivity index (χ2n) is 4.61. The molecule has 1 aromatic rings. The SMILES string of the molecule is CCCNc1ccccc1C(=O)NC(CCO)COC. The van der Waals surface area contributed by atoms with E-state index in [0.717, 1.165) is 18.7 Å². The first kappa shape index (κ1) is 16.5. The molecular weight excluding hydrogens is 256 g/mol. The van der Waals surface area contributed by atoms with Crippen LogP contribution in [0.25, 0.3) is 0 Å². The van der Waals surface area contributed by atoms with Gasteiger partial charge in [0.2, 0.25) is 0 Å². The number of nitrogens with one attached hydrogen (secondary N) is 2. The summed E-state index contributed by atoms with van der Waals surface area (Å²) in [5.74, 6) is -0.153. The topological polar surface area (TPSA) is 70.6 Å². The molecule has 112 valence electrons. The van der Waals surface area contributed by atoms with E-state index >= 15 is 0 Å². The lowest BCUT2D eigenvalue weighted by Gasteiger charge is -2.18. The summed E-state index contributed by atoms with van der Waals surface area (Å²) in [4.78, 5) is 12.3. The molecule has 0 aromatic heterocycles. The van der Waals surface area contributed by atoms with Crippen molar-refractivity contribution in [1.29, 1.82) is 0 Å². The average Bonchev–Trinajstić information content (AvgIpc) is 2.46. The summed E-state index contributed by atoms with van der Waals surface area (Å²) in [5, 5.41) is 15.1. The van der Waals surface area contributed by atoms with E-state index in [-0.39, 0.29) is 18.6 Å². The van der Waals surface area contributed by atoms with Crippen molar-refractivity contribution in [2.24, 2.45) is 0 Å². The largest absolute Gasteiger partial charge is 0.396 e. The van der Waals surface area contributed by atoms with E-state index in [1.54, 1.807) is 13.2 Å². The van der Waals surface area contributed by atoms with Gasteiger partial charge < -0.3 is 20.5 Å². The first-order valence-corrected chi connectivity index (χ1v) is 6.96. The van der Waals surface area contributed by atoms with Crippen LogP contribution in [0.1, 0.15) is 30.1 Å². The van der Waals surface area contributed by atoms with Crippen molar-refractivity contribution in [3.05, 3.63) is 29.8 Å². The van der Waals surface area contributed by atoms with Gasteiger partial charge in [-0.25, -0.2) is 0 Å². The zero-order valence-electron chi connectivity index (χ0n) is 12.2. The van der Waals surface area contributed by atoms with Gasteiger partial charge in [-0.05, 0) is 25.0 Å². The normalized spacial score (nSPS) is 11.9. The monoisotopic (exact) mass is 280 g/mol. The highest BCUT2D eigenvalue weighted by Gasteiger charge is 2.15. The Morgan fingerprint density at radius 2 is 2.15 bits per heavy atom. The summed E-state index contributed by atoms with van der Waals surface area (Å²) in [6.45, 7) is 3.30. The molecule has 1 unspecified atom stereocenters. The summed E-state index contributed by atoms with van der Waals surface area (Å²) in [5.41, 5.74) is 1.44. The lowest BCUT2D eigenvalue weighted by molar-refractivity contribution is 0.0879. The minimum absolute atomic E-state index is 0.0179. The number of methoxy groups -OCH3 is 1. The highest BCUT2D eigenvalue weighted by atomic mass is 16.5. The molecule has 1 rings (SSSR count). The summed E-state index contributed by atoms with van der Waals surface area (Å²) in [6.07, 6.45) is 1.47. The number of para-hydroxylation sites is 1. The van der Waals surface area contributed by atoms with E-state index in [1.807, 2.05) is 18.2 Å². The average molecular weight is 280 g/mol. The molecular formula is C15H24N2O3. The lowest BCUT2D eigenvalue weighted by Crippen LogP contribution is -2.39. The lowest BCUT2D eigenvalue weighted by atomic mass is 10.1. The standard InChI is InChI=1S/C15H24N2O3/c1-3-9-16-14-7-5-4-6-13(14)15(19)17-12(8-10-18)11-20-2/h4-7,12,16,18H,3,8-11H2,1-2H3,(H,17,19). The molecule has 1 amide bonds. The number of ether oxygens (including phenoxy) is 1. The van der Waals surface area contributed by atoms with E-state index in [2.05, 4.69) is 17.6 Å². The summed E-state index contributed by atoms with van der Waals surface area (Å²) >= 11 is 0. The van der Waals surface area contributed by atoms with Gasteiger partial charge in [-0.2, -0.15) is 0 Å². The number of aliphatic hydroxyl groups is 1. The molecule has 0 bridgehead atoms. The van der Waals surface area contributed by atoms with Gasteiger partial charge in [0.1, 0.15) is 0 Å². The van der Waals surface area contributed by atoms with Crippen molar-refractivity contribution in [3.63, 3.8) is 0 Å². The van der Waals surface area contributed by atoms with Crippen molar-refractivity contribution in [3.8, 4) is 0 Å². The quantitative estimate of drug-likeness (QED) is 0.643. The third-order valence-corrected chi connectivity index (χ3v) is 2.92. The van der Waals surface area contributed by atoms with Crippen LogP contribution >= 0.6 is 0 Å². The number of benzene rings is 1. The Hall–Kier alpha value is -1.59. The molecule has 1 aromatic carbocycles. The second-order valence-corrected chi connectivity index (χ2v) is 4.61. The van der Waals surface area contributed by atoms with Crippen molar-refractivity contribution >= 4 is 11.6 Å². The van der Waals surface area contributed by atoms with E-state index in [1.165, 1.54) is 0 Å². The van der Waals surface area contributed by atoms with Crippen LogP contribution in [0.3, 0.4) is 0 Å². The summed E-state index contributed by atoms with van der Waals surface area (Å²) in [7, 11) is 1.58. The van der Waals surface area contributed by atoms with Gasteiger partial charge in [0.25, 0.3) is 5.91 Å². The van der Waals surface area contributed by atoms with E-state index < -0.39 is 0 Å². The molecule has 0 radical (unpaired) electrons. The van der Waals surface area contributed by atoms with E-state index in [4.69, 9.17) is 9.84 Å². The maximum Gasteiger partial charge on any atom is 0.253 e. The molecule has 0 saturated carbocycles. The molecule has 5 nitrogen and oxygen atoms in total. The number of hydrogen-bond donors (Lipinski definition) is 3.